The number of rotatable bonds is 4. The van der Waals surface area contributed by atoms with E-state index >= 15 is 0 Å². The standard InChI is InChI=1S/C16H15FN4O/c1-11-20-13-4-2-3-5-14(13)21(11)9-8-19-16(22)12-6-7-18-15(17)10-12/h2-7,10H,8-9H2,1H3,(H,19,22). The van der Waals surface area contributed by atoms with Gasteiger partial charge in [-0.1, -0.05) is 12.1 Å². The molecule has 0 aliphatic rings. The van der Waals surface area contributed by atoms with Gasteiger partial charge >= 0.3 is 0 Å². The van der Waals surface area contributed by atoms with E-state index in [1.54, 1.807) is 0 Å². The zero-order valence-electron chi connectivity index (χ0n) is 12.1. The first-order chi connectivity index (χ1) is 10.6. The van der Waals surface area contributed by atoms with Crippen molar-refractivity contribution in [2.45, 2.75) is 13.5 Å². The zero-order valence-corrected chi connectivity index (χ0v) is 12.1. The fraction of sp³-hybridized carbons (Fsp3) is 0.188. The summed E-state index contributed by atoms with van der Waals surface area (Å²) < 4.78 is 15.0. The molecule has 1 N–H and O–H groups in total. The van der Waals surface area contributed by atoms with Crippen molar-refractivity contribution in [1.29, 1.82) is 0 Å². The third kappa shape index (κ3) is 2.81. The third-order valence-electron chi connectivity index (χ3n) is 3.46. The van der Waals surface area contributed by atoms with Gasteiger partial charge in [-0.2, -0.15) is 4.39 Å². The van der Waals surface area contributed by atoms with Crippen LogP contribution in [0.25, 0.3) is 11.0 Å². The van der Waals surface area contributed by atoms with Crippen molar-refractivity contribution in [3.05, 3.63) is 59.9 Å². The second kappa shape index (κ2) is 5.93. The maximum absolute atomic E-state index is 13.0. The number of nitrogens with one attached hydrogen (secondary N) is 1. The van der Waals surface area contributed by atoms with Gasteiger partial charge in [0.05, 0.1) is 11.0 Å². The fourth-order valence-corrected chi connectivity index (χ4v) is 2.41. The highest BCUT2D eigenvalue weighted by atomic mass is 19.1. The van der Waals surface area contributed by atoms with E-state index in [9.17, 15) is 9.18 Å². The molecule has 0 bridgehead atoms. The van der Waals surface area contributed by atoms with Crippen LogP contribution in [0.5, 0.6) is 0 Å². The summed E-state index contributed by atoms with van der Waals surface area (Å²) in [6.45, 7) is 2.97. The Labute approximate surface area is 126 Å². The van der Waals surface area contributed by atoms with Crippen LogP contribution in [-0.2, 0) is 6.54 Å². The summed E-state index contributed by atoms with van der Waals surface area (Å²) in [4.78, 5) is 19.8. The Balaban J connectivity index is 1.67. The molecule has 3 aromatic rings. The lowest BCUT2D eigenvalue weighted by atomic mass is 10.2. The average Bonchev–Trinajstić information content (AvgIpc) is 2.83. The molecule has 2 heterocycles. The first-order valence-corrected chi connectivity index (χ1v) is 6.97. The number of nitrogens with zero attached hydrogens (tertiary/aromatic N) is 3. The van der Waals surface area contributed by atoms with Gasteiger partial charge in [-0.3, -0.25) is 4.79 Å². The highest BCUT2D eigenvalue weighted by Gasteiger charge is 2.09. The fourth-order valence-electron chi connectivity index (χ4n) is 2.41. The average molecular weight is 298 g/mol. The molecule has 6 heteroatoms. The minimum atomic E-state index is -0.663. The Morgan fingerprint density at radius 2 is 2.14 bits per heavy atom. The number of amides is 1. The molecule has 22 heavy (non-hydrogen) atoms. The molecule has 5 nitrogen and oxygen atoms in total. The van der Waals surface area contributed by atoms with Crippen LogP contribution in [0, 0.1) is 12.9 Å². The van der Waals surface area contributed by atoms with E-state index in [2.05, 4.69) is 15.3 Å². The number of aromatic nitrogens is 3. The molecular weight excluding hydrogens is 283 g/mol. The van der Waals surface area contributed by atoms with Crippen molar-refractivity contribution in [2.24, 2.45) is 0 Å². The topological polar surface area (TPSA) is 59.8 Å². The zero-order chi connectivity index (χ0) is 15.5. The molecule has 0 aliphatic heterocycles. The van der Waals surface area contributed by atoms with Crippen molar-refractivity contribution in [3.8, 4) is 0 Å². The van der Waals surface area contributed by atoms with Crippen molar-refractivity contribution < 1.29 is 9.18 Å². The number of para-hydroxylation sites is 2. The van der Waals surface area contributed by atoms with Crippen LogP contribution >= 0.6 is 0 Å². The largest absolute Gasteiger partial charge is 0.350 e. The highest BCUT2D eigenvalue weighted by molar-refractivity contribution is 5.93. The summed E-state index contributed by atoms with van der Waals surface area (Å²) in [5.41, 5.74) is 2.23. The van der Waals surface area contributed by atoms with Crippen LogP contribution in [0.2, 0.25) is 0 Å². The first-order valence-electron chi connectivity index (χ1n) is 6.97. The summed E-state index contributed by atoms with van der Waals surface area (Å²) in [6, 6.07) is 10.5. The summed E-state index contributed by atoms with van der Waals surface area (Å²) in [5, 5.41) is 2.77. The van der Waals surface area contributed by atoms with Crippen LogP contribution in [0.15, 0.2) is 42.6 Å². The molecule has 0 atom stereocenters. The van der Waals surface area contributed by atoms with Crippen LogP contribution in [0.3, 0.4) is 0 Å². The summed E-state index contributed by atoms with van der Waals surface area (Å²) in [6.07, 6.45) is 1.28. The lowest BCUT2D eigenvalue weighted by Gasteiger charge is -2.08. The molecule has 0 fully saturated rings. The number of aryl methyl sites for hydroxylation is 1. The number of hydrogen-bond donors (Lipinski definition) is 1. The number of pyridine rings is 1. The van der Waals surface area contributed by atoms with Gasteiger partial charge in [-0.15, -0.1) is 0 Å². The van der Waals surface area contributed by atoms with E-state index < -0.39 is 5.95 Å². The van der Waals surface area contributed by atoms with E-state index in [0.29, 0.717) is 13.1 Å². The maximum atomic E-state index is 13.0. The summed E-state index contributed by atoms with van der Waals surface area (Å²) in [7, 11) is 0. The van der Waals surface area contributed by atoms with E-state index in [4.69, 9.17) is 0 Å². The van der Waals surface area contributed by atoms with Gasteiger partial charge in [-0.25, -0.2) is 9.97 Å². The van der Waals surface area contributed by atoms with Crippen LogP contribution < -0.4 is 5.32 Å². The van der Waals surface area contributed by atoms with Gasteiger partial charge in [0.15, 0.2) is 0 Å². The maximum Gasteiger partial charge on any atom is 0.251 e. The highest BCUT2D eigenvalue weighted by Crippen LogP contribution is 2.14. The Kier molecular flexibility index (Phi) is 3.82. The van der Waals surface area contributed by atoms with Crippen LogP contribution in [0.1, 0.15) is 16.2 Å². The first kappa shape index (κ1) is 14.2. The van der Waals surface area contributed by atoms with E-state index in [0.717, 1.165) is 22.9 Å². The molecule has 0 aliphatic carbocycles. The second-order valence-electron chi connectivity index (χ2n) is 4.92. The molecule has 1 aromatic carbocycles. The molecular formula is C16H15FN4O. The third-order valence-corrected chi connectivity index (χ3v) is 3.46. The van der Waals surface area contributed by atoms with Crippen molar-refractivity contribution >= 4 is 16.9 Å². The van der Waals surface area contributed by atoms with E-state index in [-0.39, 0.29) is 11.5 Å². The molecule has 0 spiro atoms. The van der Waals surface area contributed by atoms with Gasteiger partial charge in [0.25, 0.3) is 5.91 Å². The van der Waals surface area contributed by atoms with Crippen molar-refractivity contribution in [1.82, 2.24) is 19.9 Å². The molecule has 112 valence electrons. The van der Waals surface area contributed by atoms with Gasteiger partial charge in [0.2, 0.25) is 5.95 Å². The molecule has 2 aromatic heterocycles. The molecule has 0 unspecified atom stereocenters. The number of imidazole rings is 1. The minimum absolute atomic E-state index is 0.264. The lowest BCUT2D eigenvalue weighted by Crippen LogP contribution is -2.27. The Morgan fingerprint density at radius 3 is 2.95 bits per heavy atom. The van der Waals surface area contributed by atoms with Gasteiger partial charge in [-0.05, 0) is 25.1 Å². The Hall–Kier alpha value is -2.76. The number of carbonyl (C=O) groups is 1. The predicted octanol–water partition coefficient (Wildman–Crippen LogP) is 2.31. The molecule has 1 amide bonds. The molecule has 0 saturated carbocycles. The monoisotopic (exact) mass is 298 g/mol. The van der Waals surface area contributed by atoms with Crippen molar-refractivity contribution in [3.63, 3.8) is 0 Å². The molecule has 0 radical (unpaired) electrons. The van der Waals surface area contributed by atoms with Gasteiger partial charge in [0.1, 0.15) is 5.82 Å². The summed E-state index contributed by atoms with van der Waals surface area (Å²) >= 11 is 0. The van der Waals surface area contributed by atoms with E-state index in [1.165, 1.54) is 12.3 Å². The minimum Gasteiger partial charge on any atom is -0.350 e. The molecule has 0 saturated heterocycles. The van der Waals surface area contributed by atoms with E-state index in [1.807, 2.05) is 35.8 Å². The number of fused-ring (bicyclic) bond motifs is 1. The number of benzene rings is 1. The SMILES string of the molecule is Cc1nc2ccccc2n1CCNC(=O)c1ccnc(F)c1. The quantitative estimate of drug-likeness (QED) is 0.752. The van der Waals surface area contributed by atoms with Gasteiger partial charge in [0, 0.05) is 30.9 Å². The summed E-state index contributed by atoms with van der Waals surface area (Å²) in [5.74, 6) is -0.0853. The van der Waals surface area contributed by atoms with Crippen LogP contribution in [-0.4, -0.2) is 27.0 Å². The van der Waals surface area contributed by atoms with Gasteiger partial charge < -0.3 is 9.88 Å². The predicted molar refractivity (Wildman–Crippen MR) is 81.0 cm³/mol. The normalized spacial score (nSPS) is 10.8. The molecule has 3 rings (SSSR count). The second-order valence-corrected chi connectivity index (χ2v) is 4.92. The Morgan fingerprint density at radius 1 is 1.32 bits per heavy atom. The Bertz CT molecular complexity index is 828. The number of halogens is 1. The smallest absolute Gasteiger partial charge is 0.251 e. The number of carbonyl (C=O) groups excluding carboxylic acids is 1. The number of hydrogen-bond acceptors (Lipinski definition) is 3. The van der Waals surface area contributed by atoms with Crippen LogP contribution in [0.4, 0.5) is 4.39 Å². The van der Waals surface area contributed by atoms with Crippen molar-refractivity contribution in [2.75, 3.05) is 6.54 Å². The lowest BCUT2D eigenvalue weighted by molar-refractivity contribution is 0.0951.